The minimum atomic E-state index is 0.391. The normalized spacial score (nSPS) is 10.8. The van der Waals surface area contributed by atoms with E-state index in [1.807, 2.05) is 18.2 Å². The van der Waals surface area contributed by atoms with Gasteiger partial charge in [-0.1, -0.05) is 29.3 Å². The average Bonchev–Trinajstić information content (AvgIpc) is 2.65. The Balaban J connectivity index is 1.91. The number of halogens is 2. The number of nitrogens with zero attached hydrogens (tertiary/aromatic N) is 5. The molecule has 1 N–H and O–H groups in total. The largest absolute Gasteiger partial charge is 0.338 e. The highest BCUT2D eigenvalue weighted by atomic mass is 35.5. The Morgan fingerprint density at radius 1 is 0.840 bits per heavy atom. The molecule has 0 bridgehead atoms. The summed E-state index contributed by atoms with van der Waals surface area (Å²) in [6.45, 7) is 0. The summed E-state index contributed by atoms with van der Waals surface area (Å²) in [5, 5.41) is 4.05. The quantitative estimate of drug-likeness (QED) is 0.572. The Labute approximate surface area is 152 Å². The second-order valence-corrected chi connectivity index (χ2v) is 5.87. The average molecular weight is 369 g/mol. The highest BCUT2D eigenvalue weighted by Crippen LogP contribution is 2.33. The van der Waals surface area contributed by atoms with Gasteiger partial charge in [0.2, 0.25) is 0 Å². The number of aromatic nitrogens is 5. The molecule has 0 fully saturated rings. The van der Waals surface area contributed by atoms with Crippen LogP contribution in [0, 0.1) is 0 Å². The SMILES string of the molecule is Clc1cccc(-c2nc(Nc3ccncc3)c3nccnc3n2)c1Cl. The molecule has 4 aromatic rings. The van der Waals surface area contributed by atoms with Gasteiger partial charge in [-0.3, -0.25) is 4.98 Å². The summed E-state index contributed by atoms with van der Waals surface area (Å²) in [6, 6.07) is 8.97. The van der Waals surface area contributed by atoms with Crippen molar-refractivity contribution in [1.82, 2.24) is 24.9 Å². The molecule has 0 aliphatic carbocycles. The van der Waals surface area contributed by atoms with Crippen molar-refractivity contribution >= 4 is 45.9 Å². The first kappa shape index (κ1) is 15.7. The first-order chi connectivity index (χ1) is 12.2. The summed E-state index contributed by atoms with van der Waals surface area (Å²) in [5.74, 6) is 0.937. The predicted molar refractivity (Wildman–Crippen MR) is 98.1 cm³/mol. The Bertz CT molecular complexity index is 1060. The van der Waals surface area contributed by atoms with Gasteiger partial charge < -0.3 is 5.32 Å². The maximum absolute atomic E-state index is 6.31. The highest BCUT2D eigenvalue weighted by Gasteiger charge is 2.15. The van der Waals surface area contributed by atoms with E-state index in [0.29, 0.717) is 38.4 Å². The van der Waals surface area contributed by atoms with Gasteiger partial charge >= 0.3 is 0 Å². The molecule has 0 unspecified atom stereocenters. The van der Waals surface area contributed by atoms with Crippen LogP contribution in [0.5, 0.6) is 0 Å². The van der Waals surface area contributed by atoms with Gasteiger partial charge in [-0.15, -0.1) is 0 Å². The number of rotatable bonds is 3. The van der Waals surface area contributed by atoms with E-state index < -0.39 is 0 Å². The van der Waals surface area contributed by atoms with Crippen LogP contribution >= 0.6 is 23.2 Å². The molecule has 0 radical (unpaired) electrons. The molecule has 0 aliphatic rings. The van der Waals surface area contributed by atoms with Gasteiger partial charge in [-0.25, -0.2) is 19.9 Å². The van der Waals surface area contributed by atoms with Crippen molar-refractivity contribution in [2.24, 2.45) is 0 Å². The zero-order valence-corrected chi connectivity index (χ0v) is 14.2. The molecule has 8 heteroatoms. The Morgan fingerprint density at radius 2 is 1.64 bits per heavy atom. The third-order valence-electron chi connectivity index (χ3n) is 3.47. The van der Waals surface area contributed by atoms with Crippen molar-refractivity contribution in [3.8, 4) is 11.4 Å². The molecule has 122 valence electrons. The van der Waals surface area contributed by atoms with Crippen LogP contribution in [-0.4, -0.2) is 24.9 Å². The summed E-state index contributed by atoms with van der Waals surface area (Å²) in [5.41, 5.74) is 2.46. The maximum Gasteiger partial charge on any atom is 0.184 e. The van der Waals surface area contributed by atoms with Gasteiger partial charge in [0, 0.05) is 36.0 Å². The van der Waals surface area contributed by atoms with E-state index in [0.717, 1.165) is 5.69 Å². The first-order valence-electron chi connectivity index (χ1n) is 7.32. The van der Waals surface area contributed by atoms with E-state index in [1.165, 1.54) is 0 Å². The fraction of sp³-hybridized carbons (Fsp3) is 0. The van der Waals surface area contributed by atoms with Crippen LogP contribution in [0.2, 0.25) is 10.0 Å². The molecule has 0 spiro atoms. The molecule has 0 atom stereocenters. The minimum Gasteiger partial charge on any atom is -0.338 e. The van der Waals surface area contributed by atoms with E-state index in [2.05, 4.69) is 30.2 Å². The van der Waals surface area contributed by atoms with Gasteiger partial charge in [0.05, 0.1) is 10.0 Å². The minimum absolute atomic E-state index is 0.391. The van der Waals surface area contributed by atoms with E-state index in [4.69, 9.17) is 23.2 Å². The second-order valence-electron chi connectivity index (χ2n) is 5.09. The van der Waals surface area contributed by atoms with Gasteiger partial charge in [0.1, 0.15) is 0 Å². The predicted octanol–water partition coefficient (Wildman–Crippen LogP) is 4.53. The maximum atomic E-state index is 6.31. The molecule has 0 saturated heterocycles. The molecule has 25 heavy (non-hydrogen) atoms. The van der Waals surface area contributed by atoms with E-state index >= 15 is 0 Å². The molecular formula is C17H10Cl2N6. The lowest BCUT2D eigenvalue weighted by Gasteiger charge is -2.10. The monoisotopic (exact) mass is 368 g/mol. The van der Waals surface area contributed by atoms with Crippen molar-refractivity contribution in [3.63, 3.8) is 0 Å². The zero-order valence-electron chi connectivity index (χ0n) is 12.7. The summed E-state index contributed by atoms with van der Waals surface area (Å²) < 4.78 is 0. The van der Waals surface area contributed by atoms with Crippen LogP contribution in [0.3, 0.4) is 0 Å². The smallest absolute Gasteiger partial charge is 0.184 e. The van der Waals surface area contributed by atoms with Crippen molar-refractivity contribution in [2.45, 2.75) is 0 Å². The van der Waals surface area contributed by atoms with Crippen molar-refractivity contribution < 1.29 is 0 Å². The summed E-state index contributed by atoms with van der Waals surface area (Å²) in [6.07, 6.45) is 6.54. The van der Waals surface area contributed by atoms with Crippen molar-refractivity contribution in [1.29, 1.82) is 0 Å². The van der Waals surface area contributed by atoms with Crippen LogP contribution < -0.4 is 5.32 Å². The summed E-state index contributed by atoms with van der Waals surface area (Å²) >= 11 is 12.4. The fourth-order valence-corrected chi connectivity index (χ4v) is 2.70. The number of pyridine rings is 1. The topological polar surface area (TPSA) is 76.5 Å². The molecule has 3 heterocycles. The van der Waals surface area contributed by atoms with Gasteiger partial charge in [-0.05, 0) is 24.3 Å². The molecule has 3 aromatic heterocycles. The van der Waals surface area contributed by atoms with E-state index in [-0.39, 0.29) is 0 Å². The van der Waals surface area contributed by atoms with Crippen molar-refractivity contribution in [3.05, 3.63) is 65.2 Å². The summed E-state index contributed by atoms with van der Waals surface area (Å²) in [7, 11) is 0. The van der Waals surface area contributed by atoms with Gasteiger partial charge in [0.25, 0.3) is 0 Å². The molecule has 4 rings (SSSR count). The number of fused-ring (bicyclic) bond motifs is 1. The lowest BCUT2D eigenvalue weighted by atomic mass is 10.2. The number of hydrogen-bond acceptors (Lipinski definition) is 6. The number of benzene rings is 1. The highest BCUT2D eigenvalue weighted by molar-refractivity contribution is 6.43. The molecule has 0 saturated carbocycles. The van der Waals surface area contributed by atoms with Crippen LogP contribution in [0.4, 0.5) is 11.5 Å². The van der Waals surface area contributed by atoms with Crippen LogP contribution in [-0.2, 0) is 0 Å². The van der Waals surface area contributed by atoms with Crippen molar-refractivity contribution in [2.75, 3.05) is 5.32 Å². The van der Waals surface area contributed by atoms with Gasteiger partial charge in [0.15, 0.2) is 22.8 Å². The number of nitrogens with one attached hydrogen (secondary N) is 1. The Hall–Kier alpha value is -2.83. The third-order valence-corrected chi connectivity index (χ3v) is 4.29. The lowest BCUT2D eigenvalue weighted by molar-refractivity contribution is 1.15. The molecule has 0 aliphatic heterocycles. The standard InChI is InChI=1S/C17H10Cl2N6/c18-12-3-1-2-11(13(12)19)15-24-16-14(21-8-9-22-16)17(25-15)23-10-4-6-20-7-5-10/h1-9H,(H,20,22,23,24,25). The zero-order chi connectivity index (χ0) is 17.2. The molecule has 1 aromatic carbocycles. The molecule has 6 nitrogen and oxygen atoms in total. The van der Waals surface area contributed by atoms with Gasteiger partial charge in [-0.2, -0.15) is 0 Å². The van der Waals surface area contributed by atoms with E-state index in [9.17, 15) is 0 Å². The van der Waals surface area contributed by atoms with E-state index in [1.54, 1.807) is 36.9 Å². The van der Waals surface area contributed by atoms with Crippen LogP contribution in [0.15, 0.2) is 55.1 Å². The van der Waals surface area contributed by atoms with Crippen LogP contribution in [0.25, 0.3) is 22.6 Å². The number of hydrogen-bond donors (Lipinski definition) is 1. The fourth-order valence-electron chi connectivity index (χ4n) is 2.32. The third kappa shape index (κ3) is 3.09. The van der Waals surface area contributed by atoms with Crippen LogP contribution in [0.1, 0.15) is 0 Å². The summed E-state index contributed by atoms with van der Waals surface area (Å²) in [4.78, 5) is 21.7. The lowest BCUT2D eigenvalue weighted by Crippen LogP contribution is -2.02. The molecular weight excluding hydrogens is 359 g/mol. The molecule has 0 amide bonds. The Morgan fingerprint density at radius 3 is 2.48 bits per heavy atom. The number of anilines is 2. The first-order valence-corrected chi connectivity index (χ1v) is 8.08. The Kier molecular flexibility index (Phi) is 4.13. The second kappa shape index (κ2) is 6.58.